The van der Waals surface area contributed by atoms with Crippen LogP contribution in [0.3, 0.4) is 0 Å². The molecule has 35 heavy (non-hydrogen) atoms. The molecule has 0 saturated heterocycles. The number of carbonyl (C=O) groups excluding carboxylic acids is 2. The van der Waals surface area contributed by atoms with Crippen LogP contribution in [0.5, 0.6) is 0 Å². The van der Waals surface area contributed by atoms with Crippen LogP contribution in [0.4, 0.5) is 0 Å². The van der Waals surface area contributed by atoms with Gasteiger partial charge in [0.05, 0.1) is 25.1 Å². The lowest BCUT2D eigenvalue weighted by molar-refractivity contribution is -0.140. The molecule has 1 amide bonds. The zero-order valence-corrected chi connectivity index (χ0v) is 20.5. The molecule has 0 atom stereocenters. The second-order valence-corrected chi connectivity index (χ2v) is 9.60. The summed E-state index contributed by atoms with van der Waals surface area (Å²) in [7, 11) is 1.34. The van der Waals surface area contributed by atoms with Crippen LogP contribution in [0.25, 0.3) is 11.3 Å². The third kappa shape index (κ3) is 5.44. The van der Waals surface area contributed by atoms with Crippen molar-refractivity contribution in [2.75, 3.05) is 20.2 Å². The highest BCUT2D eigenvalue weighted by Gasteiger charge is 2.31. The Morgan fingerprint density at radius 1 is 1.23 bits per heavy atom. The van der Waals surface area contributed by atoms with E-state index in [2.05, 4.69) is 15.0 Å². The van der Waals surface area contributed by atoms with Crippen LogP contribution in [0.1, 0.15) is 46.8 Å². The molecule has 2 aromatic heterocycles. The summed E-state index contributed by atoms with van der Waals surface area (Å²) in [5.74, 6) is 1.63. The van der Waals surface area contributed by atoms with Gasteiger partial charge < -0.3 is 14.5 Å². The SMILES string of the molecule is COC(=O)CCNC(=O)c1nn(CC2CC2)c2c1CN(Cc1ccc(-c3ccccc3Cl)o1)CC2. The Hall–Kier alpha value is -3.10. The Balaban J connectivity index is 1.31. The Morgan fingerprint density at radius 3 is 2.83 bits per heavy atom. The van der Waals surface area contributed by atoms with Crippen LogP contribution in [-0.2, 0) is 35.6 Å². The van der Waals surface area contributed by atoms with Gasteiger partial charge in [-0.25, -0.2) is 0 Å². The summed E-state index contributed by atoms with van der Waals surface area (Å²) in [6, 6.07) is 11.5. The minimum absolute atomic E-state index is 0.131. The Morgan fingerprint density at radius 2 is 2.06 bits per heavy atom. The van der Waals surface area contributed by atoms with Gasteiger partial charge >= 0.3 is 5.97 Å². The maximum Gasteiger partial charge on any atom is 0.307 e. The number of hydrogen-bond donors (Lipinski definition) is 1. The minimum Gasteiger partial charge on any atom is -0.469 e. The zero-order valence-electron chi connectivity index (χ0n) is 19.8. The fourth-order valence-corrected chi connectivity index (χ4v) is 4.74. The maximum atomic E-state index is 13.0. The van der Waals surface area contributed by atoms with Crippen molar-refractivity contribution in [2.24, 2.45) is 5.92 Å². The first kappa shape index (κ1) is 23.6. The number of ether oxygens (including phenoxy) is 1. The van der Waals surface area contributed by atoms with Crippen molar-refractivity contribution in [2.45, 2.75) is 45.3 Å². The summed E-state index contributed by atoms with van der Waals surface area (Å²) >= 11 is 6.32. The highest BCUT2D eigenvalue weighted by atomic mass is 35.5. The number of nitrogens with one attached hydrogen (secondary N) is 1. The Bertz CT molecular complexity index is 1230. The number of rotatable bonds is 9. The van der Waals surface area contributed by atoms with Gasteiger partial charge in [-0.15, -0.1) is 0 Å². The molecule has 0 radical (unpaired) electrons. The van der Waals surface area contributed by atoms with E-state index in [9.17, 15) is 9.59 Å². The lowest BCUT2D eigenvalue weighted by Gasteiger charge is -2.27. The molecule has 5 rings (SSSR count). The minimum atomic E-state index is -0.354. The standard InChI is InChI=1S/C26H29ClN4O4/c1-34-24(32)10-12-28-26(33)25-20-16-30(13-11-22(20)31(29-25)14-17-6-7-17)15-18-8-9-23(35-18)19-4-2-3-5-21(19)27/h2-5,8-9,17H,6-7,10-16H2,1H3,(H,28,33). The van der Waals surface area contributed by atoms with Gasteiger partial charge in [0.15, 0.2) is 5.69 Å². The summed E-state index contributed by atoms with van der Waals surface area (Å²) in [5, 5.41) is 8.19. The summed E-state index contributed by atoms with van der Waals surface area (Å²) < 4.78 is 12.8. The summed E-state index contributed by atoms with van der Waals surface area (Å²) in [4.78, 5) is 26.6. The number of aromatic nitrogens is 2. The number of amides is 1. The van der Waals surface area contributed by atoms with E-state index in [0.717, 1.165) is 47.9 Å². The maximum absolute atomic E-state index is 13.0. The number of fused-ring (bicyclic) bond motifs is 1. The Labute approximate surface area is 209 Å². The van der Waals surface area contributed by atoms with Gasteiger partial charge in [-0.2, -0.15) is 5.10 Å². The van der Waals surface area contributed by atoms with Crippen LogP contribution < -0.4 is 5.32 Å². The molecule has 1 saturated carbocycles. The van der Waals surface area contributed by atoms with E-state index in [4.69, 9.17) is 21.1 Å². The van der Waals surface area contributed by atoms with Crippen molar-refractivity contribution >= 4 is 23.5 Å². The third-order valence-electron chi connectivity index (χ3n) is 6.58. The van der Waals surface area contributed by atoms with Crippen LogP contribution in [-0.4, -0.2) is 46.8 Å². The molecule has 1 aliphatic carbocycles. The highest BCUT2D eigenvalue weighted by molar-refractivity contribution is 6.33. The number of carbonyl (C=O) groups is 2. The van der Waals surface area contributed by atoms with Crippen molar-refractivity contribution in [3.05, 3.63) is 64.1 Å². The molecule has 1 N–H and O–H groups in total. The van der Waals surface area contributed by atoms with Gasteiger partial charge in [0.2, 0.25) is 0 Å². The molecule has 2 aliphatic rings. The van der Waals surface area contributed by atoms with E-state index in [0.29, 0.717) is 29.7 Å². The van der Waals surface area contributed by atoms with Gasteiger partial charge in [0.1, 0.15) is 11.5 Å². The molecule has 0 bridgehead atoms. The predicted octanol–water partition coefficient (Wildman–Crippen LogP) is 4.06. The van der Waals surface area contributed by atoms with E-state index >= 15 is 0 Å². The molecule has 8 nitrogen and oxygen atoms in total. The van der Waals surface area contributed by atoms with Gasteiger partial charge in [0.25, 0.3) is 5.91 Å². The molecule has 1 aromatic carbocycles. The number of hydrogen-bond acceptors (Lipinski definition) is 6. The molecule has 0 unspecified atom stereocenters. The van der Waals surface area contributed by atoms with Crippen LogP contribution >= 0.6 is 11.6 Å². The van der Waals surface area contributed by atoms with Gasteiger partial charge in [-0.05, 0) is 43.0 Å². The molecule has 1 aliphatic heterocycles. The first-order valence-corrected chi connectivity index (χ1v) is 12.4. The third-order valence-corrected chi connectivity index (χ3v) is 6.91. The van der Waals surface area contributed by atoms with Crippen molar-refractivity contribution in [3.8, 4) is 11.3 Å². The summed E-state index contributed by atoms with van der Waals surface area (Å²) in [6.45, 7) is 3.17. The Kier molecular flexibility index (Phi) is 6.92. The zero-order chi connectivity index (χ0) is 24.4. The quantitative estimate of drug-likeness (QED) is 0.449. The van der Waals surface area contributed by atoms with E-state index in [-0.39, 0.29) is 24.8 Å². The van der Waals surface area contributed by atoms with Crippen molar-refractivity contribution in [3.63, 3.8) is 0 Å². The number of methoxy groups -OCH3 is 1. The van der Waals surface area contributed by atoms with E-state index in [1.165, 1.54) is 20.0 Å². The van der Waals surface area contributed by atoms with E-state index in [1.54, 1.807) is 0 Å². The van der Waals surface area contributed by atoms with Crippen LogP contribution in [0.15, 0.2) is 40.8 Å². The average Bonchev–Trinajstić information content (AvgIpc) is 3.44. The van der Waals surface area contributed by atoms with E-state index in [1.807, 2.05) is 41.1 Å². The fourth-order valence-electron chi connectivity index (χ4n) is 4.51. The monoisotopic (exact) mass is 496 g/mol. The lowest BCUT2D eigenvalue weighted by Crippen LogP contribution is -2.32. The van der Waals surface area contributed by atoms with Gasteiger partial charge in [-0.1, -0.05) is 23.7 Å². The number of benzene rings is 1. The predicted molar refractivity (Wildman–Crippen MR) is 131 cm³/mol. The molecular formula is C26H29ClN4O4. The van der Waals surface area contributed by atoms with Crippen LogP contribution in [0.2, 0.25) is 5.02 Å². The molecular weight excluding hydrogens is 468 g/mol. The number of nitrogens with zero attached hydrogens (tertiary/aromatic N) is 3. The fraction of sp³-hybridized carbons (Fsp3) is 0.423. The van der Waals surface area contributed by atoms with Gasteiger partial charge in [-0.3, -0.25) is 19.2 Å². The lowest BCUT2D eigenvalue weighted by atomic mass is 10.0. The number of furan rings is 1. The second kappa shape index (κ2) is 10.3. The normalized spacial score (nSPS) is 15.6. The molecule has 3 aromatic rings. The van der Waals surface area contributed by atoms with Crippen LogP contribution in [0, 0.1) is 5.92 Å². The number of halogens is 1. The summed E-state index contributed by atoms with van der Waals surface area (Å²) in [5.41, 5.74) is 3.42. The summed E-state index contributed by atoms with van der Waals surface area (Å²) in [6.07, 6.45) is 3.38. The first-order valence-electron chi connectivity index (χ1n) is 12.0. The molecule has 184 valence electrons. The molecule has 3 heterocycles. The smallest absolute Gasteiger partial charge is 0.307 e. The molecule has 1 fully saturated rings. The van der Waals surface area contributed by atoms with Crippen molar-refractivity contribution in [1.82, 2.24) is 20.0 Å². The highest BCUT2D eigenvalue weighted by Crippen LogP contribution is 2.33. The first-order chi connectivity index (χ1) is 17.0. The van der Waals surface area contributed by atoms with Crippen molar-refractivity contribution < 1.29 is 18.7 Å². The number of esters is 1. The van der Waals surface area contributed by atoms with Gasteiger partial charge in [0, 0.05) is 49.4 Å². The van der Waals surface area contributed by atoms with Crippen molar-refractivity contribution in [1.29, 1.82) is 0 Å². The van der Waals surface area contributed by atoms with E-state index < -0.39 is 0 Å². The molecule has 0 spiro atoms. The molecule has 9 heteroatoms. The topological polar surface area (TPSA) is 89.6 Å². The average molecular weight is 497 g/mol. The largest absolute Gasteiger partial charge is 0.469 e. The second-order valence-electron chi connectivity index (χ2n) is 9.19.